The van der Waals surface area contributed by atoms with Gasteiger partial charge in [-0.25, -0.2) is 9.97 Å². The molecule has 0 amide bonds. The van der Waals surface area contributed by atoms with Crippen LogP contribution in [0.1, 0.15) is 13.3 Å². The van der Waals surface area contributed by atoms with E-state index in [0.717, 1.165) is 6.42 Å². The molecule has 8 heteroatoms. The Balaban J connectivity index is 2.56. The second-order valence-corrected chi connectivity index (χ2v) is 5.05. The summed E-state index contributed by atoms with van der Waals surface area (Å²) in [5.74, 6) is 0.193. The van der Waals surface area contributed by atoms with Crippen molar-refractivity contribution in [3.63, 3.8) is 0 Å². The number of nitrogens with one attached hydrogen (secondary N) is 1. The first-order valence-electron chi connectivity index (χ1n) is 6.23. The number of nitro groups is 1. The maximum absolute atomic E-state index is 11.4. The minimum atomic E-state index is -0.504. The molecule has 1 aromatic heterocycles. The number of benzene rings is 1. The maximum atomic E-state index is 11.4. The summed E-state index contributed by atoms with van der Waals surface area (Å²) in [5.41, 5.74) is 0.537. The van der Waals surface area contributed by atoms with Crippen molar-refractivity contribution in [2.24, 2.45) is 0 Å². The molecule has 0 aliphatic heterocycles. The van der Waals surface area contributed by atoms with Gasteiger partial charge in [0, 0.05) is 12.1 Å². The van der Waals surface area contributed by atoms with Gasteiger partial charge in [0.05, 0.1) is 15.0 Å². The predicted molar refractivity (Wildman–Crippen MR) is 82.9 cm³/mol. The SMILES string of the molecule is CCCNc1ncnc(-c2ccc(Cl)c(Cl)c2)c1[N+](=O)[O-]. The Hall–Kier alpha value is -1.92. The summed E-state index contributed by atoms with van der Waals surface area (Å²) >= 11 is 11.8. The molecule has 2 rings (SSSR count). The molecule has 6 nitrogen and oxygen atoms in total. The largest absolute Gasteiger partial charge is 0.364 e. The Morgan fingerprint density at radius 2 is 2.05 bits per heavy atom. The van der Waals surface area contributed by atoms with E-state index in [1.54, 1.807) is 18.2 Å². The molecule has 1 heterocycles. The normalized spacial score (nSPS) is 10.4. The second kappa shape index (κ2) is 6.69. The highest BCUT2D eigenvalue weighted by Crippen LogP contribution is 2.35. The smallest absolute Gasteiger partial charge is 0.337 e. The summed E-state index contributed by atoms with van der Waals surface area (Å²) in [6.07, 6.45) is 2.10. The van der Waals surface area contributed by atoms with Gasteiger partial charge < -0.3 is 5.32 Å². The minimum Gasteiger partial charge on any atom is -0.364 e. The summed E-state index contributed by atoms with van der Waals surface area (Å²) in [4.78, 5) is 18.8. The van der Waals surface area contributed by atoms with E-state index in [0.29, 0.717) is 22.2 Å². The van der Waals surface area contributed by atoms with Crippen LogP contribution in [0.3, 0.4) is 0 Å². The summed E-state index contributed by atoms with van der Waals surface area (Å²) < 4.78 is 0. The lowest BCUT2D eigenvalue weighted by Crippen LogP contribution is -2.07. The Kier molecular flexibility index (Phi) is 4.93. The summed E-state index contributed by atoms with van der Waals surface area (Å²) in [6, 6.07) is 4.75. The quantitative estimate of drug-likeness (QED) is 0.658. The molecule has 0 unspecified atom stereocenters. The van der Waals surface area contributed by atoms with E-state index < -0.39 is 4.92 Å². The Bertz CT molecular complexity index is 679. The van der Waals surface area contributed by atoms with Gasteiger partial charge in [-0.3, -0.25) is 10.1 Å². The molecular formula is C13H12Cl2N4O2. The Morgan fingerprint density at radius 1 is 1.29 bits per heavy atom. The van der Waals surface area contributed by atoms with Crippen LogP contribution in [0, 0.1) is 10.1 Å². The molecule has 1 aromatic carbocycles. The van der Waals surface area contributed by atoms with Crippen molar-refractivity contribution in [3.8, 4) is 11.3 Å². The highest BCUT2D eigenvalue weighted by atomic mass is 35.5. The van der Waals surface area contributed by atoms with E-state index in [1.165, 1.54) is 6.33 Å². The monoisotopic (exact) mass is 326 g/mol. The number of nitrogens with zero attached hydrogens (tertiary/aromatic N) is 3. The molecule has 0 bridgehead atoms. The van der Waals surface area contributed by atoms with Crippen molar-refractivity contribution in [2.45, 2.75) is 13.3 Å². The van der Waals surface area contributed by atoms with E-state index in [-0.39, 0.29) is 17.2 Å². The Labute approximate surface area is 131 Å². The average molecular weight is 327 g/mol. The predicted octanol–water partition coefficient (Wildman–Crippen LogP) is 4.18. The lowest BCUT2D eigenvalue weighted by Gasteiger charge is -2.08. The molecule has 0 spiro atoms. The molecule has 0 radical (unpaired) electrons. The third-order valence-corrected chi connectivity index (χ3v) is 3.48. The van der Waals surface area contributed by atoms with Crippen LogP contribution >= 0.6 is 23.2 Å². The van der Waals surface area contributed by atoms with Gasteiger partial charge in [0.1, 0.15) is 6.33 Å². The van der Waals surface area contributed by atoms with Crippen molar-refractivity contribution in [2.75, 3.05) is 11.9 Å². The third-order valence-electron chi connectivity index (χ3n) is 2.74. The van der Waals surface area contributed by atoms with Gasteiger partial charge in [-0.15, -0.1) is 0 Å². The van der Waals surface area contributed by atoms with Crippen molar-refractivity contribution >= 4 is 34.7 Å². The highest BCUT2D eigenvalue weighted by molar-refractivity contribution is 6.42. The minimum absolute atomic E-state index is 0.177. The number of aromatic nitrogens is 2. The fourth-order valence-electron chi connectivity index (χ4n) is 1.78. The van der Waals surface area contributed by atoms with Gasteiger partial charge in [-0.1, -0.05) is 36.2 Å². The van der Waals surface area contributed by atoms with Gasteiger partial charge in [-0.2, -0.15) is 0 Å². The zero-order valence-corrected chi connectivity index (χ0v) is 12.6. The third kappa shape index (κ3) is 3.40. The lowest BCUT2D eigenvalue weighted by atomic mass is 10.1. The number of halogens is 2. The lowest BCUT2D eigenvalue weighted by molar-refractivity contribution is -0.383. The number of anilines is 1. The van der Waals surface area contributed by atoms with E-state index in [2.05, 4.69) is 15.3 Å². The zero-order chi connectivity index (χ0) is 15.4. The van der Waals surface area contributed by atoms with Gasteiger partial charge in [0.15, 0.2) is 5.69 Å². The van der Waals surface area contributed by atoms with Crippen LogP contribution in [-0.4, -0.2) is 21.4 Å². The second-order valence-electron chi connectivity index (χ2n) is 4.23. The molecule has 0 saturated carbocycles. The first-order chi connectivity index (χ1) is 10.0. The standard InChI is InChI=1S/C13H12Cl2N4O2/c1-2-5-16-13-12(19(20)21)11(17-7-18-13)8-3-4-9(14)10(15)6-8/h3-4,6-7H,2,5H2,1H3,(H,16,17,18). The van der Waals surface area contributed by atoms with Crippen molar-refractivity contribution in [1.82, 2.24) is 9.97 Å². The molecular weight excluding hydrogens is 315 g/mol. The number of hydrogen-bond donors (Lipinski definition) is 1. The molecule has 0 atom stereocenters. The van der Waals surface area contributed by atoms with E-state index in [1.807, 2.05) is 6.92 Å². The van der Waals surface area contributed by atoms with Crippen LogP contribution in [0.2, 0.25) is 10.0 Å². The molecule has 110 valence electrons. The maximum Gasteiger partial charge on any atom is 0.337 e. The first kappa shape index (κ1) is 15.5. The van der Waals surface area contributed by atoms with E-state index in [4.69, 9.17) is 23.2 Å². The summed E-state index contributed by atoms with van der Waals surface area (Å²) in [7, 11) is 0. The summed E-state index contributed by atoms with van der Waals surface area (Å²) in [5, 5.41) is 15.0. The van der Waals surface area contributed by atoms with Crippen LogP contribution in [0.25, 0.3) is 11.3 Å². The summed E-state index contributed by atoms with van der Waals surface area (Å²) in [6.45, 7) is 2.54. The van der Waals surface area contributed by atoms with Crippen LogP contribution in [-0.2, 0) is 0 Å². The van der Waals surface area contributed by atoms with Crippen molar-refractivity contribution < 1.29 is 4.92 Å². The van der Waals surface area contributed by atoms with Gasteiger partial charge in [0.25, 0.3) is 0 Å². The molecule has 0 aliphatic carbocycles. The van der Waals surface area contributed by atoms with Gasteiger partial charge in [-0.05, 0) is 18.6 Å². The van der Waals surface area contributed by atoms with Crippen LogP contribution in [0.15, 0.2) is 24.5 Å². The van der Waals surface area contributed by atoms with Crippen molar-refractivity contribution in [3.05, 3.63) is 44.7 Å². The van der Waals surface area contributed by atoms with Gasteiger partial charge >= 0.3 is 5.69 Å². The average Bonchev–Trinajstić information content (AvgIpc) is 2.47. The van der Waals surface area contributed by atoms with E-state index >= 15 is 0 Å². The zero-order valence-electron chi connectivity index (χ0n) is 11.1. The molecule has 0 saturated heterocycles. The fourth-order valence-corrected chi connectivity index (χ4v) is 2.08. The molecule has 0 aliphatic rings. The van der Waals surface area contributed by atoms with Crippen LogP contribution in [0.5, 0.6) is 0 Å². The molecule has 0 fully saturated rings. The van der Waals surface area contributed by atoms with E-state index in [9.17, 15) is 10.1 Å². The Morgan fingerprint density at radius 3 is 2.67 bits per heavy atom. The first-order valence-corrected chi connectivity index (χ1v) is 6.98. The number of hydrogen-bond acceptors (Lipinski definition) is 5. The van der Waals surface area contributed by atoms with Crippen LogP contribution < -0.4 is 5.32 Å². The topological polar surface area (TPSA) is 81.0 Å². The molecule has 2 aromatic rings. The highest BCUT2D eigenvalue weighted by Gasteiger charge is 2.24. The van der Waals surface area contributed by atoms with Crippen LogP contribution in [0.4, 0.5) is 11.5 Å². The fraction of sp³-hybridized carbons (Fsp3) is 0.231. The molecule has 21 heavy (non-hydrogen) atoms. The molecule has 1 N–H and O–H groups in total. The van der Waals surface area contributed by atoms with Gasteiger partial charge in [0.2, 0.25) is 5.82 Å². The number of rotatable bonds is 5. The van der Waals surface area contributed by atoms with Crippen molar-refractivity contribution in [1.29, 1.82) is 0 Å².